The molecule has 1 amide bonds. The molecule has 1 aliphatic rings. The smallest absolute Gasteiger partial charge is 0.250 e. The van der Waals surface area contributed by atoms with Crippen molar-refractivity contribution in [1.29, 1.82) is 0 Å². The van der Waals surface area contributed by atoms with Crippen LogP contribution in [0.2, 0.25) is 0 Å². The van der Waals surface area contributed by atoms with E-state index in [1.54, 1.807) is 19.2 Å². The summed E-state index contributed by atoms with van der Waals surface area (Å²) in [5.41, 5.74) is 0.836. The Bertz CT molecular complexity index is 518. The summed E-state index contributed by atoms with van der Waals surface area (Å²) < 4.78 is 13.7. The minimum absolute atomic E-state index is 0.0436. The zero-order valence-electron chi connectivity index (χ0n) is 11.4. The molecule has 0 saturated heterocycles. The van der Waals surface area contributed by atoms with Gasteiger partial charge in [-0.1, -0.05) is 19.9 Å². The van der Waals surface area contributed by atoms with Crippen molar-refractivity contribution in [3.8, 4) is 0 Å². The van der Waals surface area contributed by atoms with Gasteiger partial charge in [0.2, 0.25) is 5.91 Å². The molecule has 0 aliphatic heterocycles. The zero-order chi connectivity index (χ0) is 14.4. The summed E-state index contributed by atoms with van der Waals surface area (Å²) in [7, 11) is 3.07. The minimum atomic E-state index is -0.293. The Hall–Kier alpha value is -0.940. The highest BCUT2D eigenvalue weighted by Crippen LogP contribution is 2.65. The standard InChI is InChI=1S/C14H17BrFNO2/c1-14(2)11(12(14)13(18)17(3)19-4)8-5-6-10(16)9(15)7-8/h5-7,11-12H,1-4H3. The predicted octanol–water partition coefficient (Wildman–Crippen LogP) is 3.35. The Morgan fingerprint density at radius 3 is 2.63 bits per heavy atom. The first-order valence-electron chi connectivity index (χ1n) is 6.07. The first-order chi connectivity index (χ1) is 8.80. The van der Waals surface area contributed by atoms with Crippen LogP contribution >= 0.6 is 15.9 Å². The van der Waals surface area contributed by atoms with Gasteiger partial charge in [0.05, 0.1) is 17.5 Å². The lowest BCUT2D eigenvalue weighted by molar-refractivity contribution is -0.171. The van der Waals surface area contributed by atoms with Gasteiger partial charge in [0.1, 0.15) is 5.82 Å². The Labute approximate surface area is 120 Å². The van der Waals surface area contributed by atoms with Gasteiger partial charge in [0.15, 0.2) is 0 Å². The molecule has 1 saturated carbocycles. The molecule has 1 aromatic carbocycles. The molecule has 2 unspecified atom stereocenters. The number of hydroxylamine groups is 2. The summed E-state index contributed by atoms with van der Waals surface area (Å²) in [4.78, 5) is 17.2. The number of nitrogens with zero attached hydrogens (tertiary/aromatic N) is 1. The molecule has 0 aromatic heterocycles. The van der Waals surface area contributed by atoms with Gasteiger partial charge in [-0.25, -0.2) is 9.45 Å². The van der Waals surface area contributed by atoms with Crippen LogP contribution in [-0.4, -0.2) is 25.1 Å². The molecule has 2 rings (SSSR count). The first-order valence-corrected chi connectivity index (χ1v) is 6.86. The lowest BCUT2D eigenvalue weighted by Gasteiger charge is -2.14. The summed E-state index contributed by atoms with van der Waals surface area (Å²) in [6, 6.07) is 4.92. The van der Waals surface area contributed by atoms with Gasteiger partial charge >= 0.3 is 0 Å². The number of hydrogen-bond acceptors (Lipinski definition) is 2. The number of carbonyl (C=O) groups excluding carboxylic acids is 1. The van der Waals surface area contributed by atoms with E-state index in [0.29, 0.717) is 4.47 Å². The fraction of sp³-hybridized carbons (Fsp3) is 0.500. The van der Waals surface area contributed by atoms with E-state index in [-0.39, 0.29) is 29.0 Å². The fourth-order valence-electron chi connectivity index (χ4n) is 2.71. The molecule has 0 radical (unpaired) electrons. The van der Waals surface area contributed by atoms with Crippen LogP contribution in [-0.2, 0) is 9.63 Å². The molecule has 19 heavy (non-hydrogen) atoms. The highest BCUT2D eigenvalue weighted by molar-refractivity contribution is 9.10. The Morgan fingerprint density at radius 2 is 2.11 bits per heavy atom. The van der Waals surface area contributed by atoms with Gasteiger partial charge in [0.25, 0.3) is 0 Å². The van der Waals surface area contributed by atoms with Crippen molar-refractivity contribution in [2.24, 2.45) is 11.3 Å². The highest BCUT2D eigenvalue weighted by atomic mass is 79.9. The van der Waals surface area contributed by atoms with E-state index in [9.17, 15) is 9.18 Å². The van der Waals surface area contributed by atoms with E-state index in [4.69, 9.17) is 4.84 Å². The molecule has 0 heterocycles. The van der Waals surface area contributed by atoms with Crippen molar-refractivity contribution in [3.63, 3.8) is 0 Å². The van der Waals surface area contributed by atoms with E-state index in [0.717, 1.165) is 5.56 Å². The third-order valence-corrected chi connectivity index (χ3v) is 4.59. The normalized spacial score (nSPS) is 24.1. The molecule has 2 atom stereocenters. The van der Waals surface area contributed by atoms with Crippen molar-refractivity contribution in [2.45, 2.75) is 19.8 Å². The number of hydrogen-bond donors (Lipinski definition) is 0. The Balaban J connectivity index is 2.26. The molecule has 1 fully saturated rings. The van der Waals surface area contributed by atoms with Gasteiger partial charge in [-0.15, -0.1) is 0 Å². The van der Waals surface area contributed by atoms with Crippen LogP contribution in [0.1, 0.15) is 25.3 Å². The van der Waals surface area contributed by atoms with Gasteiger partial charge in [0, 0.05) is 13.0 Å². The van der Waals surface area contributed by atoms with Crippen LogP contribution < -0.4 is 0 Å². The molecule has 5 heteroatoms. The Kier molecular flexibility index (Phi) is 3.71. The van der Waals surface area contributed by atoms with E-state index in [1.807, 2.05) is 13.8 Å². The molecule has 3 nitrogen and oxygen atoms in total. The number of rotatable bonds is 3. The summed E-state index contributed by atoms with van der Waals surface area (Å²) in [6.07, 6.45) is 0. The number of halogens is 2. The maximum atomic E-state index is 13.3. The van der Waals surface area contributed by atoms with Gasteiger partial charge in [-0.05, 0) is 39.0 Å². The third-order valence-electron chi connectivity index (χ3n) is 3.98. The van der Waals surface area contributed by atoms with Crippen molar-refractivity contribution in [3.05, 3.63) is 34.1 Å². The van der Waals surface area contributed by atoms with Gasteiger partial charge in [-0.3, -0.25) is 9.63 Å². The second-order valence-corrected chi connectivity index (χ2v) is 6.32. The fourth-order valence-corrected chi connectivity index (χ4v) is 3.11. The van der Waals surface area contributed by atoms with E-state index in [1.165, 1.54) is 18.2 Å². The largest absolute Gasteiger partial charge is 0.275 e. The predicted molar refractivity (Wildman–Crippen MR) is 73.9 cm³/mol. The van der Waals surface area contributed by atoms with Crippen molar-refractivity contribution in [2.75, 3.05) is 14.2 Å². The van der Waals surface area contributed by atoms with Crippen molar-refractivity contribution < 1.29 is 14.0 Å². The summed E-state index contributed by atoms with van der Waals surface area (Å²) in [5.74, 6) is -0.374. The van der Waals surface area contributed by atoms with Crippen molar-refractivity contribution >= 4 is 21.8 Å². The maximum absolute atomic E-state index is 13.3. The van der Waals surface area contributed by atoms with Crippen LogP contribution in [0, 0.1) is 17.2 Å². The minimum Gasteiger partial charge on any atom is -0.275 e. The van der Waals surface area contributed by atoms with Crippen LogP contribution in [0.5, 0.6) is 0 Å². The maximum Gasteiger partial charge on any atom is 0.250 e. The molecular formula is C14H17BrFNO2. The highest BCUT2D eigenvalue weighted by Gasteiger charge is 2.63. The molecule has 0 bridgehead atoms. The van der Waals surface area contributed by atoms with E-state index in [2.05, 4.69) is 15.9 Å². The summed E-state index contributed by atoms with van der Waals surface area (Å²) >= 11 is 3.18. The molecule has 0 spiro atoms. The van der Waals surface area contributed by atoms with Crippen LogP contribution in [0.4, 0.5) is 4.39 Å². The summed E-state index contributed by atoms with van der Waals surface area (Å²) in [6.45, 7) is 4.09. The SMILES string of the molecule is CON(C)C(=O)C1C(c2ccc(F)c(Br)c2)C1(C)C. The topological polar surface area (TPSA) is 29.5 Å². The average molecular weight is 330 g/mol. The lowest BCUT2D eigenvalue weighted by Crippen LogP contribution is -2.28. The van der Waals surface area contributed by atoms with Crippen LogP contribution in [0.25, 0.3) is 0 Å². The molecule has 1 aromatic rings. The van der Waals surface area contributed by atoms with Crippen LogP contribution in [0.3, 0.4) is 0 Å². The van der Waals surface area contributed by atoms with E-state index >= 15 is 0 Å². The molecular weight excluding hydrogens is 313 g/mol. The molecule has 0 N–H and O–H groups in total. The molecule has 1 aliphatic carbocycles. The Morgan fingerprint density at radius 1 is 1.47 bits per heavy atom. The second kappa shape index (κ2) is 4.87. The second-order valence-electron chi connectivity index (χ2n) is 5.47. The monoisotopic (exact) mass is 329 g/mol. The van der Waals surface area contributed by atoms with Gasteiger partial charge in [-0.2, -0.15) is 0 Å². The quantitative estimate of drug-likeness (QED) is 0.796. The van der Waals surface area contributed by atoms with Crippen LogP contribution in [0.15, 0.2) is 22.7 Å². The third kappa shape index (κ3) is 2.41. The van der Waals surface area contributed by atoms with E-state index < -0.39 is 0 Å². The number of carbonyl (C=O) groups is 1. The first kappa shape index (κ1) is 14.5. The molecule has 104 valence electrons. The number of amides is 1. The zero-order valence-corrected chi connectivity index (χ0v) is 13.0. The van der Waals surface area contributed by atoms with Crippen molar-refractivity contribution in [1.82, 2.24) is 5.06 Å². The van der Waals surface area contributed by atoms with Gasteiger partial charge < -0.3 is 0 Å². The lowest BCUT2D eigenvalue weighted by atomic mass is 10.0. The number of benzene rings is 1. The average Bonchev–Trinajstić information content (AvgIpc) is 2.93. The summed E-state index contributed by atoms with van der Waals surface area (Å²) in [5, 5.41) is 1.25.